The fourth-order valence-corrected chi connectivity index (χ4v) is 2.26. The molecule has 0 bridgehead atoms. The van der Waals surface area contributed by atoms with E-state index in [2.05, 4.69) is 25.0 Å². The highest BCUT2D eigenvalue weighted by atomic mass is 32.2. The van der Waals surface area contributed by atoms with E-state index in [4.69, 9.17) is 5.73 Å². The fraction of sp³-hybridized carbons (Fsp3) is 0.182. The van der Waals surface area contributed by atoms with Crippen LogP contribution in [-0.4, -0.2) is 44.2 Å². The molecule has 108 valence electrons. The summed E-state index contributed by atoms with van der Waals surface area (Å²) >= 11 is 0. The van der Waals surface area contributed by atoms with Gasteiger partial charge < -0.3 is 5.73 Å². The first-order chi connectivity index (χ1) is 9.84. The zero-order chi connectivity index (χ0) is 15.2. The number of nitrogens with zero attached hydrogens (tertiary/aromatic N) is 6. The Labute approximate surface area is 119 Å². The number of hydrogen-bond acceptors (Lipinski definition) is 8. The average Bonchev–Trinajstić information content (AvgIpc) is 2.82. The van der Waals surface area contributed by atoms with E-state index >= 15 is 0 Å². The first-order valence-electron chi connectivity index (χ1n) is 5.87. The minimum Gasteiger partial charge on any atom is -0.368 e. The van der Waals surface area contributed by atoms with Crippen molar-refractivity contribution in [2.45, 2.75) is 12.1 Å². The number of fused-ring (bicyclic) bond motifs is 1. The molecule has 0 fully saturated rings. The maximum Gasteiger partial charge on any atom is 0.258 e. The maximum absolute atomic E-state index is 11.5. The number of rotatable bonds is 2. The lowest BCUT2D eigenvalue weighted by atomic mass is 10.2. The Balaban J connectivity index is 2.23. The number of pyridine rings is 1. The molecule has 3 aromatic rings. The molecule has 0 spiro atoms. The molecule has 0 saturated carbocycles. The first-order valence-corrected chi connectivity index (χ1v) is 7.76. The van der Waals surface area contributed by atoms with Gasteiger partial charge in [-0.25, -0.2) is 8.42 Å². The zero-order valence-electron chi connectivity index (χ0n) is 11.2. The van der Waals surface area contributed by atoms with Crippen LogP contribution in [-0.2, 0) is 9.84 Å². The van der Waals surface area contributed by atoms with Crippen molar-refractivity contribution in [3.05, 3.63) is 24.0 Å². The monoisotopic (exact) mass is 305 g/mol. The van der Waals surface area contributed by atoms with Gasteiger partial charge in [0.2, 0.25) is 15.8 Å². The van der Waals surface area contributed by atoms with Gasteiger partial charge in [0.05, 0.1) is 0 Å². The van der Waals surface area contributed by atoms with Gasteiger partial charge in [0.15, 0.2) is 5.82 Å². The van der Waals surface area contributed by atoms with Crippen LogP contribution in [0.2, 0.25) is 0 Å². The molecule has 2 N–H and O–H groups in total. The van der Waals surface area contributed by atoms with Gasteiger partial charge in [0, 0.05) is 24.2 Å². The van der Waals surface area contributed by atoms with E-state index in [-0.39, 0.29) is 16.9 Å². The van der Waals surface area contributed by atoms with Crippen LogP contribution in [0.1, 0.15) is 5.56 Å². The Morgan fingerprint density at radius 2 is 1.95 bits per heavy atom. The molecule has 0 unspecified atom stereocenters. The predicted octanol–water partition coefficient (Wildman–Crippen LogP) is -0.125. The largest absolute Gasteiger partial charge is 0.368 e. The quantitative estimate of drug-likeness (QED) is 0.693. The van der Waals surface area contributed by atoms with E-state index in [9.17, 15) is 8.42 Å². The molecule has 3 aromatic heterocycles. The normalized spacial score (nSPS) is 11.9. The SMILES string of the molecule is Cc1cncc(-c2nc3nc(S(C)(=O)=O)nc(N)n3n2)c1. The second kappa shape index (κ2) is 4.45. The lowest BCUT2D eigenvalue weighted by molar-refractivity contribution is 0.592. The molecule has 0 aliphatic rings. The molecule has 0 atom stereocenters. The molecule has 0 aliphatic carbocycles. The van der Waals surface area contributed by atoms with Crippen molar-refractivity contribution >= 4 is 21.6 Å². The molecule has 21 heavy (non-hydrogen) atoms. The topological polar surface area (TPSA) is 129 Å². The van der Waals surface area contributed by atoms with Crippen molar-refractivity contribution in [1.82, 2.24) is 29.5 Å². The highest BCUT2D eigenvalue weighted by Gasteiger charge is 2.17. The summed E-state index contributed by atoms with van der Waals surface area (Å²) in [5, 5.41) is 3.79. The van der Waals surface area contributed by atoms with Crippen LogP contribution in [0.15, 0.2) is 23.6 Å². The van der Waals surface area contributed by atoms with Crippen LogP contribution >= 0.6 is 0 Å². The van der Waals surface area contributed by atoms with E-state index in [0.29, 0.717) is 11.4 Å². The van der Waals surface area contributed by atoms with E-state index in [1.54, 1.807) is 12.4 Å². The van der Waals surface area contributed by atoms with Crippen LogP contribution in [0.5, 0.6) is 0 Å². The predicted molar refractivity (Wildman–Crippen MR) is 74.1 cm³/mol. The van der Waals surface area contributed by atoms with Gasteiger partial charge in [-0.3, -0.25) is 4.98 Å². The number of sulfone groups is 1. The van der Waals surface area contributed by atoms with Gasteiger partial charge in [0.25, 0.3) is 10.9 Å². The summed E-state index contributed by atoms with van der Waals surface area (Å²) in [6.07, 6.45) is 4.30. The van der Waals surface area contributed by atoms with Gasteiger partial charge >= 0.3 is 0 Å². The second-order valence-electron chi connectivity index (χ2n) is 4.53. The fourth-order valence-electron chi connectivity index (χ4n) is 1.75. The Morgan fingerprint density at radius 3 is 2.62 bits per heavy atom. The van der Waals surface area contributed by atoms with Crippen molar-refractivity contribution in [3.8, 4) is 11.4 Å². The molecule has 9 nitrogen and oxygen atoms in total. The Morgan fingerprint density at radius 1 is 1.19 bits per heavy atom. The average molecular weight is 305 g/mol. The van der Waals surface area contributed by atoms with Crippen LogP contribution in [0.4, 0.5) is 5.95 Å². The van der Waals surface area contributed by atoms with Crippen molar-refractivity contribution < 1.29 is 8.42 Å². The number of anilines is 1. The Hall–Kier alpha value is -2.62. The van der Waals surface area contributed by atoms with Gasteiger partial charge in [-0.15, -0.1) is 5.10 Å². The van der Waals surface area contributed by atoms with Gasteiger partial charge in [-0.2, -0.15) is 19.5 Å². The maximum atomic E-state index is 11.5. The van der Waals surface area contributed by atoms with Crippen LogP contribution in [0.3, 0.4) is 0 Å². The third kappa shape index (κ3) is 2.40. The summed E-state index contributed by atoms with van der Waals surface area (Å²) < 4.78 is 24.2. The molecular formula is C11H11N7O2S. The van der Waals surface area contributed by atoms with Crippen molar-refractivity contribution in [2.24, 2.45) is 0 Å². The number of nitrogen functional groups attached to an aromatic ring is 1. The number of nitrogens with two attached hydrogens (primary N) is 1. The molecule has 0 radical (unpaired) electrons. The third-order valence-corrected chi connectivity index (χ3v) is 3.52. The van der Waals surface area contributed by atoms with E-state index < -0.39 is 9.84 Å². The zero-order valence-corrected chi connectivity index (χ0v) is 12.0. The highest BCUT2D eigenvalue weighted by Crippen LogP contribution is 2.17. The smallest absolute Gasteiger partial charge is 0.258 e. The first kappa shape index (κ1) is 13.4. The third-order valence-electron chi connectivity index (χ3n) is 2.68. The number of hydrogen-bond donors (Lipinski definition) is 1. The summed E-state index contributed by atoms with van der Waals surface area (Å²) in [6, 6.07) is 1.85. The lowest BCUT2D eigenvalue weighted by Crippen LogP contribution is -2.11. The van der Waals surface area contributed by atoms with E-state index in [1.165, 1.54) is 4.52 Å². The van der Waals surface area contributed by atoms with Crippen LogP contribution < -0.4 is 5.73 Å². The molecule has 3 heterocycles. The van der Waals surface area contributed by atoms with Gasteiger partial charge in [0.1, 0.15) is 0 Å². The molecule has 3 rings (SSSR count). The molecule has 0 aliphatic heterocycles. The molecule has 0 saturated heterocycles. The molecular weight excluding hydrogens is 294 g/mol. The number of aromatic nitrogens is 6. The van der Waals surface area contributed by atoms with Crippen molar-refractivity contribution in [2.75, 3.05) is 12.0 Å². The van der Waals surface area contributed by atoms with Gasteiger partial charge in [-0.1, -0.05) is 0 Å². The highest BCUT2D eigenvalue weighted by molar-refractivity contribution is 7.90. The Kier molecular flexibility index (Phi) is 2.83. The molecule has 0 aromatic carbocycles. The minimum absolute atomic E-state index is 0.0689. The second-order valence-corrected chi connectivity index (χ2v) is 6.44. The summed E-state index contributed by atoms with van der Waals surface area (Å²) in [5.74, 6) is 0.317. The van der Waals surface area contributed by atoms with Crippen LogP contribution in [0.25, 0.3) is 17.2 Å². The number of aryl methyl sites for hydroxylation is 1. The van der Waals surface area contributed by atoms with Crippen molar-refractivity contribution in [1.29, 1.82) is 0 Å². The van der Waals surface area contributed by atoms with Gasteiger partial charge in [-0.05, 0) is 18.6 Å². The van der Waals surface area contributed by atoms with Crippen LogP contribution in [0, 0.1) is 6.92 Å². The minimum atomic E-state index is -3.57. The summed E-state index contributed by atoms with van der Waals surface area (Å²) in [4.78, 5) is 15.8. The lowest BCUT2D eigenvalue weighted by Gasteiger charge is -1.99. The molecule has 0 amide bonds. The standard InChI is InChI=1S/C11H11N7O2S/c1-6-3-7(5-13-4-6)8-14-10-16-11(21(2,19)20)15-9(12)18(10)17-8/h3-5H,1-2H3,(H2,12,14,15,16,17). The molecule has 10 heteroatoms. The summed E-state index contributed by atoms with van der Waals surface area (Å²) in [7, 11) is -3.57. The Bertz CT molecular complexity index is 948. The summed E-state index contributed by atoms with van der Waals surface area (Å²) in [6.45, 7) is 1.89. The van der Waals surface area contributed by atoms with Crippen molar-refractivity contribution in [3.63, 3.8) is 0 Å². The summed E-state index contributed by atoms with van der Waals surface area (Å²) in [5.41, 5.74) is 7.33. The van der Waals surface area contributed by atoms with E-state index in [0.717, 1.165) is 11.8 Å². The van der Waals surface area contributed by atoms with E-state index in [1.807, 2.05) is 13.0 Å².